The summed E-state index contributed by atoms with van der Waals surface area (Å²) in [6.07, 6.45) is 2.73. The molecule has 0 fully saturated rings. The highest BCUT2D eigenvalue weighted by Crippen LogP contribution is 2.16. The lowest BCUT2D eigenvalue weighted by molar-refractivity contribution is -0.306. The first-order valence-corrected chi connectivity index (χ1v) is 6.12. The van der Waals surface area contributed by atoms with Crippen LogP contribution in [0.25, 0.3) is 0 Å². The lowest BCUT2D eigenvalue weighted by atomic mass is 10.0. The molecule has 0 aliphatic heterocycles. The van der Waals surface area contributed by atoms with E-state index in [2.05, 4.69) is 10.3 Å². The van der Waals surface area contributed by atoms with Gasteiger partial charge in [0.05, 0.1) is 6.04 Å². The Kier molecular flexibility index (Phi) is 4.44. The van der Waals surface area contributed by atoms with Gasteiger partial charge in [0.15, 0.2) is 0 Å². The Bertz CT molecular complexity index is 585. The van der Waals surface area contributed by atoms with Gasteiger partial charge in [0, 0.05) is 30.3 Å². The predicted octanol–water partition coefficient (Wildman–Crippen LogP) is 0.693. The average molecular weight is 269 g/mol. The number of carboxylic acid groups (broad SMARTS) is 1. The number of carboxylic acids is 1. The first kappa shape index (κ1) is 13.7. The number of hydrogen-bond acceptors (Lipinski definition) is 4. The van der Waals surface area contributed by atoms with Crippen molar-refractivity contribution >= 4 is 11.9 Å². The Labute approximate surface area is 116 Å². The van der Waals surface area contributed by atoms with E-state index in [1.165, 1.54) is 12.4 Å². The van der Waals surface area contributed by atoms with Crippen molar-refractivity contribution in [3.63, 3.8) is 0 Å². The fourth-order valence-corrected chi connectivity index (χ4v) is 1.85. The molecule has 0 aliphatic carbocycles. The van der Waals surface area contributed by atoms with Gasteiger partial charge in [-0.3, -0.25) is 9.78 Å². The van der Waals surface area contributed by atoms with Crippen LogP contribution in [0, 0.1) is 0 Å². The van der Waals surface area contributed by atoms with Crippen molar-refractivity contribution in [2.45, 2.75) is 12.5 Å². The summed E-state index contributed by atoms with van der Waals surface area (Å²) < 4.78 is 0. The quantitative estimate of drug-likeness (QED) is 0.866. The third-order valence-corrected chi connectivity index (χ3v) is 2.82. The first-order valence-electron chi connectivity index (χ1n) is 6.12. The number of aromatic nitrogens is 1. The van der Waals surface area contributed by atoms with Gasteiger partial charge in [-0.2, -0.15) is 0 Å². The fraction of sp³-hybridized carbons (Fsp3) is 0.133. The molecule has 1 heterocycles. The summed E-state index contributed by atoms with van der Waals surface area (Å²) in [5.74, 6) is -1.56. The zero-order valence-corrected chi connectivity index (χ0v) is 10.7. The Morgan fingerprint density at radius 3 is 2.35 bits per heavy atom. The van der Waals surface area contributed by atoms with Gasteiger partial charge >= 0.3 is 0 Å². The van der Waals surface area contributed by atoms with Gasteiger partial charge in [0.25, 0.3) is 5.91 Å². The predicted molar refractivity (Wildman–Crippen MR) is 70.5 cm³/mol. The van der Waals surface area contributed by atoms with Gasteiger partial charge in [-0.05, 0) is 17.7 Å². The molecule has 0 saturated heterocycles. The number of carbonyl (C=O) groups excluding carboxylic acids is 2. The van der Waals surface area contributed by atoms with Crippen molar-refractivity contribution in [3.8, 4) is 0 Å². The minimum absolute atomic E-state index is 0.277. The molecule has 2 rings (SSSR count). The number of carbonyl (C=O) groups is 2. The third kappa shape index (κ3) is 3.65. The van der Waals surface area contributed by atoms with E-state index in [9.17, 15) is 14.7 Å². The molecule has 5 nitrogen and oxygen atoms in total. The third-order valence-electron chi connectivity index (χ3n) is 2.82. The molecule has 0 aliphatic rings. The molecular formula is C15H13N2O3-. The highest BCUT2D eigenvalue weighted by atomic mass is 16.4. The molecule has 0 spiro atoms. The largest absolute Gasteiger partial charge is 0.550 e. The number of nitrogens with one attached hydrogen (secondary N) is 1. The second kappa shape index (κ2) is 6.47. The summed E-state index contributed by atoms with van der Waals surface area (Å²) in [6.45, 7) is 0. The summed E-state index contributed by atoms with van der Waals surface area (Å²) in [5, 5.41) is 13.5. The summed E-state index contributed by atoms with van der Waals surface area (Å²) >= 11 is 0. The van der Waals surface area contributed by atoms with Gasteiger partial charge in [-0.25, -0.2) is 0 Å². The van der Waals surface area contributed by atoms with Crippen molar-refractivity contribution < 1.29 is 14.7 Å². The molecule has 1 N–H and O–H groups in total. The van der Waals surface area contributed by atoms with Crippen LogP contribution >= 0.6 is 0 Å². The van der Waals surface area contributed by atoms with E-state index in [1.807, 2.05) is 6.07 Å². The number of nitrogens with zero attached hydrogens (tertiary/aromatic N) is 1. The van der Waals surface area contributed by atoms with Crippen molar-refractivity contribution in [3.05, 3.63) is 66.0 Å². The van der Waals surface area contributed by atoms with E-state index in [-0.39, 0.29) is 12.3 Å². The van der Waals surface area contributed by atoms with Crippen LogP contribution in [0.5, 0.6) is 0 Å². The normalized spacial score (nSPS) is 11.6. The number of rotatable bonds is 5. The molecule has 20 heavy (non-hydrogen) atoms. The molecule has 5 heteroatoms. The molecule has 1 atom stereocenters. The van der Waals surface area contributed by atoms with Crippen LogP contribution in [-0.2, 0) is 4.79 Å². The molecule has 1 amide bonds. The first-order chi connectivity index (χ1) is 9.66. The van der Waals surface area contributed by atoms with E-state index in [4.69, 9.17) is 0 Å². The van der Waals surface area contributed by atoms with Crippen LogP contribution < -0.4 is 10.4 Å². The van der Waals surface area contributed by atoms with Crippen LogP contribution in [0.4, 0.5) is 0 Å². The minimum Gasteiger partial charge on any atom is -0.550 e. The van der Waals surface area contributed by atoms with Crippen LogP contribution in [0.2, 0.25) is 0 Å². The number of aliphatic carboxylic acids is 1. The van der Waals surface area contributed by atoms with Crippen LogP contribution in [0.3, 0.4) is 0 Å². The summed E-state index contributed by atoms with van der Waals surface area (Å²) in [7, 11) is 0. The van der Waals surface area contributed by atoms with Gasteiger partial charge in [-0.15, -0.1) is 0 Å². The molecular weight excluding hydrogens is 256 g/mol. The zero-order chi connectivity index (χ0) is 14.4. The maximum atomic E-state index is 12.1. The zero-order valence-electron chi connectivity index (χ0n) is 10.7. The van der Waals surface area contributed by atoms with E-state index in [0.29, 0.717) is 5.56 Å². The second-order valence-corrected chi connectivity index (χ2v) is 4.25. The van der Waals surface area contributed by atoms with E-state index >= 15 is 0 Å². The maximum absolute atomic E-state index is 12.1. The molecule has 1 aromatic heterocycles. The van der Waals surface area contributed by atoms with Crippen molar-refractivity contribution in [2.75, 3.05) is 0 Å². The molecule has 0 saturated carbocycles. The Balaban J connectivity index is 2.16. The number of amides is 1. The fourth-order valence-electron chi connectivity index (χ4n) is 1.85. The number of benzene rings is 1. The van der Waals surface area contributed by atoms with Gasteiger partial charge < -0.3 is 15.2 Å². The summed E-state index contributed by atoms with van der Waals surface area (Å²) in [4.78, 5) is 26.7. The Morgan fingerprint density at radius 1 is 1.10 bits per heavy atom. The molecule has 0 bridgehead atoms. The van der Waals surface area contributed by atoms with Crippen molar-refractivity contribution in [1.82, 2.24) is 10.3 Å². The highest BCUT2D eigenvalue weighted by molar-refractivity contribution is 5.94. The van der Waals surface area contributed by atoms with Crippen molar-refractivity contribution in [2.24, 2.45) is 0 Å². The average Bonchev–Trinajstić information content (AvgIpc) is 2.48. The lowest BCUT2D eigenvalue weighted by Crippen LogP contribution is -2.34. The monoisotopic (exact) mass is 269 g/mol. The van der Waals surface area contributed by atoms with Gasteiger partial charge in [-0.1, -0.05) is 30.3 Å². The second-order valence-electron chi connectivity index (χ2n) is 4.25. The highest BCUT2D eigenvalue weighted by Gasteiger charge is 2.15. The smallest absolute Gasteiger partial charge is 0.251 e. The summed E-state index contributed by atoms with van der Waals surface area (Å²) in [6, 6.07) is 11.4. The molecule has 0 radical (unpaired) electrons. The topological polar surface area (TPSA) is 82.1 Å². The Hall–Kier alpha value is -2.69. The standard InChI is InChI=1S/C15H14N2O3/c18-14(19)10-13(11-4-2-1-3-5-11)17-15(20)12-6-8-16-9-7-12/h1-9,13H,10H2,(H,17,20)(H,18,19)/p-1/t13-/m0/s1. The SMILES string of the molecule is O=C([O-])C[C@H](NC(=O)c1ccncc1)c1ccccc1. The molecule has 102 valence electrons. The van der Waals surface area contributed by atoms with Crippen molar-refractivity contribution in [1.29, 1.82) is 0 Å². The number of pyridine rings is 1. The Morgan fingerprint density at radius 2 is 1.75 bits per heavy atom. The van der Waals surface area contributed by atoms with E-state index < -0.39 is 12.0 Å². The van der Waals surface area contributed by atoms with Crippen LogP contribution in [-0.4, -0.2) is 16.9 Å². The molecule has 0 unspecified atom stereocenters. The van der Waals surface area contributed by atoms with Gasteiger partial charge in [0.1, 0.15) is 0 Å². The van der Waals surface area contributed by atoms with Gasteiger partial charge in [0.2, 0.25) is 0 Å². The minimum atomic E-state index is -1.21. The number of hydrogen-bond donors (Lipinski definition) is 1. The van der Waals surface area contributed by atoms with Crippen LogP contribution in [0.1, 0.15) is 28.4 Å². The van der Waals surface area contributed by atoms with E-state index in [0.717, 1.165) is 5.56 Å². The lowest BCUT2D eigenvalue weighted by Gasteiger charge is -2.19. The molecule has 2 aromatic rings. The van der Waals surface area contributed by atoms with E-state index in [1.54, 1.807) is 36.4 Å². The maximum Gasteiger partial charge on any atom is 0.251 e. The molecule has 1 aromatic carbocycles. The summed E-state index contributed by atoms with van der Waals surface area (Å²) in [5.41, 5.74) is 1.15. The van der Waals surface area contributed by atoms with Crippen LogP contribution in [0.15, 0.2) is 54.9 Å².